The molecule has 0 aliphatic carbocycles. The van der Waals surface area contributed by atoms with Crippen LogP contribution in [0.4, 0.5) is 0 Å². The van der Waals surface area contributed by atoms with Crippen molar-refractivity contribution in [2.45, 2.75) is 26.6 Å². The fourth-order valence-corrected chi connectivity index (χ4v) is 3.54. The maximum Gasteiger partial charge on any atom is 0.289 e. The van der Waals surface area contributed by atoms with Crippen LogP contribution >= 0.6 is 39.1 Å². The van der Waals surface area contributed by atoms with Gasteiger partial charge in [-0.15, -0.1) is 0 Å². The second-order valence-electron chi connectivity index (χ2n) is 6.05. The second kappa shape index (κ2) is 9.03. The first-order valence-corrected chi connectivity index (χ1v) is 10.1. The maximum absolute atomic E-state index is 12.7. The van der Waals surface area contributed by atoms with Gasteiger partial charge in [-0.3, -0.25) is 9.48 Å². The van der Waals surface area contributed by atoms with Gasteiger partial charge in [-0.25, -0.2) is 0 Å². The van der Waals surface area contributed by atoms with Crippen LogP contribution in [-0.2, 0) is 19.7 Å². The zero-order chi connectivity index (χ0) is 20.3. The van der Waals surface area contributed by atoms with Crippen LogP contribution < -0.4 is 4.74 Å². The summed E-state index contributed by atoms with van der Waals surface area (Å²) < 4.78 is 13.9. The van der Waals surface area contributed by atoms with Crippen LogP contribution in [0.5, 0.6) is 5.75 Å². The first-order chi connectivity index (χ1) is 13.4. The van der Waals surface area contributed by atoms with Crippen LogP contribution in [0.15, 0.2) is 45.4 Å². The third kappa shape index (κ3) is 4.71. The van der Waals surface area contributed by atoms with Crippen LogP contribution in [0.3, 0.4) is 0 Å². The normalized spacial score (nSPS) is 10.9. The van der Waals surface area contributed by atoms with Gasteiger partial charge in [0.2, 0.25) is 0 Å². The quantitative estimate of drug-likeness (QED) is 0.447. The summed E-state index contributed by atoms with van der Waals surface area (Å²) in [6.45, 7) is 3.12. The molecule has 6 nitrogen and oxygen atoms in total. The third-order valence-electron chi connectivity index (χ3n) is 4.07. The van der Waals surface area contributed by atoms with Gasteiger partial charge in [0.25, 0.3) is 5.91 Å². The van der Waals surface area contributed by atoms with Crippen molar-refractivity contribution >= 4 is 45.0 Å². The van der Waals surface area contributed by atoms with Gasteiger partial charge in [0.15, 0.2) is 5.76 Å². The molecule has 0 radical (unpaired) electrons. The molecule has 0 fully saturated rings. The molecule has 0 bridgehead atoms. The number of furan rings is 1. The molecule has 0 spiro atoms. The molecule has 3 rings (SSSR count). The minimum absolute atomic E-state index is 0.160. The fourth-order valence-electron chi connectivity index (χ4n) is 2.61. The fraction of sp³-hybridized carbons (Fsp3) is 0.263. The molecule has 1 amide bonds. The summed E-state index contributed by atoms with van der Waals surface area (Å²) in [6, 6.07) is 8.67. The Bertz CT molecular complexity index is 987. The summed E-state index contributed by atoms with van der Waals surface area (Å²) in [7, 11) is 1.69. The van der Waals surface area contributed by atoms with Gasteiger partial charge in [-0.1, -0.05) is 39.1 Å². The number of aromatic nitrogens is 2. The van der Waals surface area contributed by atoms with Crippen molar-refractivity contribution in [2.75, 3.05) is 7.05 Å². The van der Waals surface area contributed by atoms with E-state index in [4.69, 9.17) is 32.4 Å². The molecule has 0 aliphatic rings. The van der Waals surface area contributed by atoms with Crippen molar-refractivity contribution in [1.29, 1.82) is 0 Å². The lowest BCUT2D eigenvalue weighted by Gasteiger charge is -2.16. The Balaban J connectivity index is 1.64. The third-order valence-corrected chi connectivity index (χ3v) is 5.17. The number of hydrogen-bond acceptors (Lipinski definition) is 4. The van der Waals surface area contributed by atoms with E-state index in [-0.39, 0.29) is 18.3 Å². The van der Waals surface area contributed by atoms with Crippen molar-refractivity contribution < 1.29 is 13.9 Å². The molecular formula is C19H18BrCl2N3O3. The van der Waals surface area contributed by atoms with Gasteiger partial charge in [0.1, 0.15) is 18.1 Å². The summed E-state index contributed by atoms with van der Waals surface area (Å²) in [5.41, 5.74) is 0.778. The number of amides is 1. The van der Waals surface area contributed by atoms with Crippen LogP contribution in [0.1, 0.15) is 28.9 Å². The Hall–Kier alpha value is -1.96. The van der Waals surface area contributed by atoms with E-state index in [9.17, 15) is 4.79 Å². The number of nitrogens with zero attached hydrogens (tertiary/aromatic N) is 3. The molecule has 2 aromatic heterocycles. The molecule has 0 atom stereocenters. The molecule has 0 aliphatic heterocycles. The highest BCUT2D eigenvalue weighted by Crippen LogP contribution is 2.28. The molecule has 3 aromatic rings. The highest BCUT2D eigenvalue weighted by Gasteiger charge is 2.19. The number of ether oxygens (including phenoxy) is 1. The monoisotopic (exact) mass is 485 g/mol. The van der Waals surface area contributed by atoms with Crippen molar-refractivity contribution in [3.63, 3.8) is 0 Å². The van der Waals surface area contributed by atoms with Gasteiger partial charge in [0, 0.05) is 18.1 Å². The molecule has 0 N–H and O–H groups in total. The topological polar surface area (TPSA) is 60.5 Å². The zero-order valence-corrected chi connectivity index (χ0v) is 18.4. The zero-order valence-electron chi connectivity index (χ0n) is 15.3. The van der Waals surface area contributed by atoms with Crippen LogP contribution in [-0.4, -0.2) is 27.6 Å². The Morgan fingerprint density at radius 1 is 1.29 bits per heavy atom. The molecule has 2 heterocycles. The van der Waals surface area contributed by atoms with Gasteiger partial charge in [0.05, 0.1) is 28.5 Å². The largest absolute Gasteiger partial charge is 0.484 e. The predicted molar refractivity (Wildman–Crippen MR) is 111 cm³/mol. The Kier molecular flexibility index (Phi) is 6.69. The molecular weight excluding hydrogens is 469 g/mol. The predicted octanol–water partition coefficient (Wildman–Crippen LogP) is 5.42. The van der Waals surface area contributed by atoms with Crippen molar-refractivity contribution in [2.24, 2.45) is 0 Å². The lowest BCUT2D eigenvalue weighted by molar-refractivity contribution is 0.0745. The molecule has 0 saturated carbocycles. The summed E-state index contributed by atoms with van der Waals surface area (Å²) in [4.78, 5) is 14.2. The van der Waals surface area contributed by atoms with Crippen molar-refractivity contribution in [1.82, 2.24) is 14.7 Å². The number of halogens is 3. The Morgan fingerprint density at radius 2 is 2.07 bits per heavy atom. The van der Waals surface area contributed by atoms with Gasteiger partial charge >= 0.3 is 0 Å². The van der Waals surface area contributed by atoms with E-state index < -0.39 is 0 Å². The number of carbonyl (C=O) groups is 1. The van der Waals surface area contributed by atoms with Gasteiger partial charge in [-0.2, -0.15) is 5.10 Å². The maximum atomic E-state index is 12.7. The number of aryl methyl sites for hydroxylation is 1. The summed E-state index contributed by atoms with van der Waals surface area (Å²) in [6.07, 6.45) is 1.58. The molecule has 28 heavy (non-hydrogen) atoms. The van der Waals surface area contributed by atoms with E-state index in [1.54, 1.807) is 42.2 Å². The van der Waals surface area contributed by atoms with E-state index in [0.717, 1.165) is 10.2 Å². The Morgan fingerprint density at radius 3 is 2.79 bits per heavy atom. The lowest BCUT2D eigenvalue weighted by atomic mass is 10.3. The molecule has 0 unspecified atom stereocenters. The molecule has 0 saturated heterocycles. The number of carbonyl (C=O) groups excluding carboxylic acids is 1. The van der Waals surface area contributed by atoms with Crippen LogP contribution in [0.25, 0.3) is 0 Å². The summed E-state index contributed by atoms with van der Waals surface area (Å²) in [5, 5.41) is 5.20. The molecule has 1 aromatic carbocycles. The minimum atomic E-state index is -0.257. The van der Waals surface area contributed by atoms with E-state index in [1.165, 1.54) is 4.90 Å². The summed E-state index contributed by atoms with van der Waals surface area (Å²) >= 11 is 15.6. The molecule has 9 heteroatoms. The average Bonchev–Trinajstić information content (AvgIpc) is 3.27. The summed E-state index contributed by atoms with van der Waals surface area (Å²) in [5.74, 6) is 1.02. The van der Waals surface area contributed by atoms with Gasteiger partial charge in [-0.05, 0) is 37.3 Å². The standard InChI is InChI=1S/C19H18BrCl2N3O3/c1-3-25-16(15(22)9-23-25)10-24(2)19(26)18-7-5-13(28-18)11-27-17-6-4-12(20)8-14(17)21/h4-9H,3,10-11H2,1-2H3. The number of hydrogen-bond donors (Lipinski definition) is 0. The van der Waals surface area contributed by atoms with E-state index >= 15 is 0 Å². The van der Waals surface area contributed by atoms with E-state index in [2.05, 4.69) is 21.0 Å². The van der Waals surface area contributed by atoms with Crippen molar-refractivity contribution in [3.05, 3.63) is 68.3 Å². The van der Waals surface area contributed by atoms with Crippen LogP contribution in [0.2, 0.25) is 10.0 Å². The number of benzene rings is 1. The highest BCUT2D eigenvalue weighted by molar-refractivity contribution is 9.10. The number of rotatable bonds is 7. The van der Waals surface area contributed by atoms with Crippen LogP contribution in [0, 0.1) is 0 Å². The Labute approximate surface area is 181 Å². The SMILES string of the molecule is CCn1ncc(Cl)c1CN(C)C(=O)c1ccc(COc2ccc(Br)cc2Cl)o1. The average molecular weight is 487 g/mol. The van der Waals surface area contributed by atoms with E-state index in [0.29, 0.717) is 34.6 Å². The second-order valence-corrected chi connectivity index (χ2v) is 7.78. The van der Waals surface area contributed by atoms with Gasteiger partial charge < -0.3 is 14.1 Å². The van der Waals surface area contributed by atoms with Crippen molar-refractivity contribution in [3.8, 4) is 5.75 Å². The first-order valence-electron chi connectivity index (χ1n) is 8.51. The molecule has 148 valence electrons. The minimum Gasteiger partial charge on any atom is -0.484 e. The van der Waals surface area contributed by atoms with E-state index in [1.807, 2.05) is 13.0 Å². The highest BCUT2D eigenvalue weighted by atomic mass is 79.9. The first kappa shape index (κ1) is 20.8. The lowest BCUT2D eigenvalue weighted by Crippen LogP contribution is -2.27. The smallest absolute Gasteiger partial charge is 0.289 e.